The first-order valence-corrected chi connectivity index (χ1v) is 7.48. The molecule has 0 saturated heterocycles. The smallest absolute Gasteiger partial charge is 0.0626 e. The Kier molecular flexibility index (Phi) is 4.29. The maximum absolute atomic E-state index is 10.5. The largest absolute Gasteiger partial charge is 0.392 e. The minimum absolute atomic E-state index is 0.242. The van der Waals surface area contributed by atoms with E-state index in [-0.39, 0.29) is 12.0 Å². The van der Waals surface area contributed by atoms with Gasteiger partial charge in [-0.25, -0.2) is 0 Å². The van der Waals surface area contributed by atoms with E-state index in [4.69, 9.17) is 0 Å². The van der Waals surface area contributed by atoms with Crippen molar-refractivity contribution in [3.8, 4) is 0 Å². The molecule has 2 nitrogen and oxygen atoms in total. The molecule has 0 fully saturated rings. The van der Waals surface area contributed by atoms with E-state index < -0.39 is 0 Å². The summed E-state index contributed by atoms with van der Waals surface area (Å²) in [6.07, 6.45) is 5.77. The van der Waals surface area contributed by atoms with E-state index in [1.54, 1.807) is 0 Å². The maximum atomic E-state index is 10.5. The van der Waals surface area contributed by atoms with Crippen molar-refractivity contribution in [2.75, 3.05) is 0 Å². The zero-order chi connectivity index (χ0) is 14.0. The minimum atomic E-state index is -0.242. The molecule has 0 radical (unpaired) electrons. The summed E-state index contributed by atoms with van der Waals surface area (Å²) >= 11 is 0. The second-order valence-electron chi connectivity index (χ2n) is 7.37. The normalized spacial score (nSPS) is 22.1. The molecule has 0 spiro atoms. The van der Waals surface area contributed by atoms with Crippen LogP contribution in [0.5, 0.6) is 0 Å². The van der Waals surface area contributed by atoms with Crippen LogP contribution in [0.25, 0.3) is 0 Å². The molecule has 2 heteroatoms. The fourth-order valence-electron chi connectivity index (χ4n) is 3.52. The Labute approximate surface area is 117 Å². The van der Waals surface area contributed by atoms with Gasteiger partial charge in [0.25, 0.3) is 0 Å². The second-order valence-corrected chi connectivity index (χ2v) is 7.37. The highest BCUT2D eigenvalue weighted by Gasteiger charge is 2.31. The van der Waals surface area contributed by atoms with Gasteiger partial charge >= 0.3 is 0 Å². The number of fused-ring (bicyclic) bond motifs is 1. The summed E-state index contributed by atoms with van der Waals surface area (Å²) in [5, 5.41) is 10.5. The average Bonchev–Trinajstić information content (AvgIpc) is 2.69. The Morgan fingerprint density at radius 2 is 2.16 bits per heavy atom. The molecule has 0 aliphatic heterocycles. The fourth-order valence-corrected chi connectivity index (χ4v) is 3.52. The van der Waals surface area contributed by atoms with Crippen LogP contribution in [0.15, 0.2) is 18.3 Å². The number of pyridine rings is 1. The van der Waals surface area contributed by atoms with Gasteiger partial charge in [0.15, 0.2) is 0 Å². The number of nitrogens with zero attached hydrogens (tertiary/aromatic N) is 1. The van der Waals surface area contributed by atoms with Crippen LogP contribution < -0.4 is 0 Å². The Morgan fingerprint density at radius 1 is 1.42 bits per heavy atom. The number of hydrogen-bond donors (Lipinski definition) is 1. The summed E-state index contributed by atoms with van der Waals surface area (Å²) in [6, 6.07) is 4.14. The summed E-state index contributed by atoms with van der Waals surface area (Å²) in [5.41, 5.74) is 2.80. The Morgan fingerprint density at radius 3 is 2.84 bits per heavy atom. The van der Waals surface area contributed by atoms with Gasteiger partial charge in [0.2, 0.25) is 0 Å². The molecule has 1 N–H and O–H groups in total. The third-order valence-corrected chi connectivity index (χ3v) is 4.07. The van der Waals surface area contributed by atoms with E-state index in [2.05, 4.69) is 38.7 Å². The molecule has 0 bridgehead atoms. The van der Waals surface area contributed by atoms with Gasteiger partial charge in [0, 0.05) is 17.8 Å². The van der Waals surface area contributed by atoms with E-state index in [1.165, 1.54) is 5.56 Å². The van der Waals surface area contributed by atoms with Crippen molar-refractivity contribution < 1.29 is 5.11 Å². The van der Waals surface area contributed by atoms with E-state index in [1.807, 2.05) is 12.3 Å². The lowest BCUT2D eigenvalue weighted by molar-refractivity contribution is 0.105. The molecular weight excluding hydrogens is 234 g/mol. The highest BCUT2D eigenvalue weighted by Crippen LogP contribution is 2.37. The highest BCUT2D eigenvalue weighted by atomic mass is 16.3. The van der Waals surface area contributed by atoms with Crippen LogP contribution in [0.2, 0.25) is 0 Å². The molecular formula is C17H27NO. The van der Waals surface area contributed by atoms with Gasteiger partial charge in [-0.3, -0.25) is 4.98 Å². The fraction of sp³-hybridized carbons (Fsp3) is 0.706. The van der Waals surface area contributed by atoms with Crippen LogP contribution in [0.4, 0.5) is 0 Å². The van der Waals surface area contributed by atoms with Gasteiger partial charge < -0.3 is 5.11 Å². The molecule has 19 heavy (non-hydrogen) atoms. The quantitative estimate of drug-likeness (QED) is 0.890. The molecule has 1 aromatic rings. The molecule has 3 unspecified atom stereocenters. The molecule has 1 aliphatic carbocycles. The van der Waals surface area contributed by atoms with Crippen molar-refractivity contribution in [1.82, 2.24) is 4.98 Å². The third-order valence-electron chi connectivity index (χ3n) is 4.07. The van der Waals surface area contributed by atoms with Crippen molar-refractivity contribution in [1.29, 1.82) is 0 Å². The first-order chi connectivity index (χ1) is 8.87. The Bertz CT molecular complexity index is 422. The standard InChI is InChI=1S/C17H27NO/c1-12(11-17(2,3)4)10-15(19)14-8-7-13-6-5-9-18-16(13)14/h5-6,9,12,14-15,19H,7-8,10-11H2,1-4H3. The van der Waals surface area contributed by atoms with E-state index in [0.717, 1.165) is 31.4 Å². The van der Waals surface area contributed by atoms with Gasteiger partial charge in [0.05, 0.1) is 6.10 Å². The number of hydrogen-bond acceptors (Lipinski definition) is 2. The molecule has 0 amide bonds. The van der Waals surface area contributed by atoms with Crippen LogP contribution in [-0.4, -0.2) is 16.2 Å². The van der Waals surface area contributed by atoms with E-state index in [0.29, 0.717) is 11.3 Å². The SMILES string of the molecule is CC(CC(O)C1CCc2cccnc21)CC(C)(C)C. The van der Waals surface area contributed by atoms with Crippen LogP contribution in [-0.2, 0) is 6.42 Å². The van der Waals surface area contributed by atoms with Crippen LogP contribution in [0.1, 0.15) is 64.1 Å². The van der Waals surface area contributed by atoms with Crippen LogP contribution >= 0.6 is 0 Å². The lowest BCUT2D eigenvalue weighted by Crippen LogP contribution is -2.22. The summed E-state index contributed by atoms with van der Waals surface area (Å²) < 4.78 is 0. The summed E-state index contributed by atoms with van der Waals surface area (Å²) in [6.45, 7) is 9.05. The summed E-state index contributed by atoms with van der Waals surface area (Å²) in [4.78, 5) is 4.48. The van der Waals surface area contributed by atoms with Crippen molar-refractivity contribution in [3.63, 3.8) is 0 Å². The van der Waals surface area contributed by atoms with E-state index in [9.17, 15) is 5.11 Å². The average molecular weight is 261 g/mol. The maximum Gasteiger partial charge on any atom is 0.0626 e. The molecule has 3 atom stereocenters. The molecule has 0 aromatic carbocycles. The van der Waals surface area contributed by atoms with Crippen molar-refractivity contribution in [2.45, 2.75) is 65.4 Å². The third kappa shape index (κ3) is 3.79. The van der Waals surface area contributed by atoms with Crippen molar-refractivity contribution >= 4 is 0 Å². The number of aryl methyl sites for hydroxylation is 1. The van der Waals surface area contributed by atoms with Gasteiger partial charge in [-0.2, -0.15) is 0 Å². The van der Waals surface area contributed by atoms with E-state index >= 15 is 0 Å². The monoisotopic (exact) mass is 261 g/mol. The second kappa shape index (κ2) is 5.62. The molecule has 1 heterocycles. The Hall–Kier alpha value is -0.890. The molecule has 1 aliphatic rings. The zero-order valence-corrected chi connectivity index (χ0v) is 12.7. The van der Waals surface area contributed by atoms with Gasteiger partial charge in [-0.05, 0) is 48.6 Å². The molecule has 1 aromatic heterocycles. The summed E-state index contributed by atoms with van der Waals surface area (Å²) in [5.74, 6) is 0.807. The Balaban J connectivity index is 1.96. The van der Waals surface area contributed by atoms with Gasteiger partial charge in [0.1, 0.15) is 0 Å². The number of aromatic nitrogens is 1. The minimum Gasteiger partial charge on any atom is -0.392 e. The molecule has 0 saturated carbocycles. The highest BCUT2D eigenvalue weighted by molar-refractivity contribution is 5.29. The predicted octanol–water partition coefficient (Wildman–Crippen LogP) is 3.93. The first kappa shape index (κ1) is 14.5. The van der Waals surface area contributed by atoms with Gasteiger partial charge in [-0.15, -0.1) is 0 Å². The van der Waals surface area contributed by atoms with Crippen LogP contribution in [0, 0.1) is 11.3 Å². The zero-order valence-electron chi connectivity index (χ0n) is 12.7. The van der Waals surface area contributed by atoms with Crippen LogP contribution in [0.3, 0.4) is 0 Å². The van der Waals surface area contributed by atoms with Crippen molar-refractivity contribution in [3.05, 3.63) is 29.6 Å². The number of rotatable bonds is 4. The van der Waals surface area contributed by atoms with Gasteiger partial charge in [-0.1, -0.05) is 33.8 Å². The number of aliphatic hydroxyl groups excluding tert-OH is 1. The molecule has 106 valence electrons. The lowest BCUT2D eigenvalue weighted by atomic mass is 9.81. The van der Waals surface area contributed by atoms with Crippen molar-refractivity contribution in [2.24, 2.45) is 11.3 Å². The lowest BCUT2D eigenvalue weighted by Gasteiger charge is -2.27. The predicted molar refractivity (Wildman–Crippen MR) is 79.2 cm³/mol. The molecule has 2 rings (SSSR count). The topological polar surface area (TPSA) is 33.1 Å². The number of aliphatic hydroxyl groups is 1. The summed E-state index contributed by atoms with van der Waals surface area (Å²) in [7, 11) is 0. The first-order valence-electron chi connectivity index (χ1n) is 7.48.